The second-order valence-electron chi connectivity index (χ2n) is 4.88. The number of non-ortho nitro benzene ring substituents is 1. The molecule has 0 N–H and O–H groups in total. The van der Waals surface area contributed by atoms with Gasteiger partial charge in [-0.05, 0) is 6.07 Å². The Morgan fingerprint density at radius 3 is 2.72 bits per heavy atom. The lowest BCUT2D eigenvalue weighted by Crippen LogP contribution is -2.07. The average Bonchev–Trinajstić information content (AvgIpc) is 3.09. The SMILES string of the molecule is O=C(OCc1nc(-c2ccccc2)no1)c1cc([N+](=O)[O-])ccc1Cl. The summed E-state index contributed by atoms with van der Waals surface area (Å²) >= 11 is 5.89. The van der Waals surface area contributed by atoms with Crippen LogP contribution in [0.3, 0.4) is 0 Å². The van der Waals surface area contributed by atoms with E-state index in [-0.39, 0.29) is 28.8 Å². The zero-order chi connectivity index (χ0) is 17.8. The summed E-state index contributed by atoms with van der Waals surface area (Å²) in [6, 6.07) is 12.6. The molecule has 0 amide bonds. The molecule has 126 valence electrons. The summed E-state index contributed by atoms with van der Waals surface area (Å²) in [7, 11) is 0. The Balaban J connectivity index is 1.70. The molecule has 0 aliphatic carbocycles. The summed E-state index contributed by atoms with van der Waals surface area (Å²) in [6.45, 7) is -0.280. The maximum absolute atomic E-state index is 12.1. The number of benzene rings is 2. The van der Waals surface area contributed by atoms with Crippen molar-refractivity contribution in [2.75, 3.05) is 0 Å². The molecule has 9 heteroatoms. The molecule has 0 aliphatic rings. The standard InChI is InChI=1S/C16H10ClN3O5/c17-13-7-6-11(20(22)23)8-12(13)16(21)24-9-14-18-15(19-25-14)10-4-2-1-3-5-10/h1-8H,9H2. The Morgan fingerprint density at radius 1 is 1.24 bits per heavy atom. The van der Waals surface area contributed by atoms with Gasteiger partial charge >= 0.3 is 5.97 Å². The number of hydrogen-bond acceptors (Lipinski definition) is 7. The van der Waals surface area contributed by atoms with Crippen LogP contribution in [0.25, 0.3) is 11.4 Å². The van der Waals surface area contributed by atoms with Crippen molar-refractivity contribution in [3.63, 3.8) is 0 Å². The minimum Gasteiger partial charge on any atom is -0.452 e. The van der Waals surface area contributed by atoms with Gasteiger partial charge in [-0.25, -0.2) is 4.79 Å². The number of hydrogen-bond donors (Lipinski definition) is 0. The Labute approximate surface area is 146 Å². The molecule has 8 nitrogen and oxygen atoms in total. The molecule has 0 radical (unpaired) electrons. The highest BCUT2D eigenvalue weighted by atomic mass is 35.5. The third kappa shape index (κ3) is 3.81. The van der Waals surface area contributed by atoms with E-state index in [2.05, 4.69) is 10.1 Å². The van der Waals surface area contributed by atoms with Crippen LogP contribution in [0.15, 0.2) is 53.1 Å². The fourth-order valence-electron chi connectivity index (χ4n) is 2.01. The first-order chi connectivity index (χ1) is 12.0. The molecule has 25 heavy (non-hydrogen) atoms. The van der Waals surface area contributed by atoms with Gasteiger partial charge in [0.05, 0.1) is 15.5 Å². The van der Waals surface area contributed by atoms with Crippen molar-refractivity contribution in [3.05, 3.63) is 75.1 Å². The Kier molecular flexibility index (Phi) is 4.71. The van der Waals surface area contributed by atoms with E-state index in [4.69, 9.17) is 20.9 Å². The normalized spacial score (nSPS) is 10.4. The van der Waals surface area contributed by atoms with Gasteiger partial charge in [0.15, 0.2) is 6.61 Å². The summed E-state index contributed by atoms with van der Waals surface area (Å²) in [4.78, 5) is 26.3. The van der Waals surface area contributed by atoms with Crippen molar-refractivity contribution in [1.29, 1.82) is 0 Å². The fourth-order valence-corrected chi connectivity index (χ4v) is 2.20. The predicted octanol–water partition coefficient (Wildman–Crippen LogP) is 3.66. The van der Waals surface area contributed by atoms with Crippen molar-refractivity contribution in [1.82, 2.24) is 10.1 Å². The van der Waals surface area contributed by atoms with Gasteiger partial charge in [0.1, 0.15) is 0 Å². The first-order valence-corrected chi connectivity index (χ1v) is 7.41. The van der Waals surface area contributed by atoms with Gasteiger partial charge in [0, 0.05) is 17.7 Å². The van der Waals surface area contributed by atoms with Crippen LogP contribution in [-0.2, 0) is 11.3 Å². The van der Waals surface area contributed by atoms with Gasteiger partial charge in [-0.2, -0.15) is 4.98 Å². The molecule has 0 spiro atoms. The minimum atomic E-state index is -0.826. The van der Waals surface area contributed by atoms with Crippen molar-refractivity contribution >= 4 is 23.3 Å². The molecule has 1 aromatic heterocycles. The van der Waals surface area contributed by atoms with E-state index in [9.17, 15) is 14.9 Å². The molecule has 1 heterocycles. The number of aromatic nitrogens is 2. The number of esters is 1. The highest BCUT2D eigenvalue weighted by Crippen LogP contribution is 2.23. The second-order valence-corrected chi connectivity index (χ2v) is 5.28. The molecule has 0 bridgehead atoms. The van der Waals surface area contributed by atoms with Crippen LogP contribution in [0.5, 0.6) is 0 Å². The first kappa shape index (κ1) is 16.6. The lowest BCUT2D eigenvalue weighted by molar-refractivity contribution is -0.384. The van der Waals surface area contributed by atoms with E-state index in [0.717, 1.165) is 11.6 Å². The zero-order valence-corrected chi connectivity index (χ0v) is 13.3. The molecule has 0 saturated carbocycles. The van der Waals surface area contributed by atoms with E-state index >= 15 is 0 Å². The van der Waals surface area contributed by atoms with Crippen molar-refractivity contribution < 1.29 is 19.0 Å². The largest absolute Gasteiger partial charge is 0.452 e. The number of rotatable bonds is 5. The molecular weight excluding hydrogens is 350 g/mol. The van der Waals surface area contributed by atoms with Crippen LogP contribution in [0.1, 0.15) is 16.2 Å². The Hall–Kier alpha value is -3.26. The Morgan fingerprint density at radius 2 is 2.00 bits per heavy atom. The molecular formula is C16H10ClN3O5. The van der Waals surface area contributed by atoms with Gasteiger partial charge in [0.25, 0.3) is 11.6 Å². The van der Waals surface area contributed by atoms with Crippen LogP contribution >= 0.6 is 11.6 Å². The van der Waals surface area contributed by atoms with Crippen LogP contribution in [0.2, 0.25) is 5.02 Å². The van der Waals surface area contributed by atoms with E-state index < -0.39 is 10.9 Å². The smallest absolute Gasteiger partial charge is 0.340 e. The highest BCUT2D eigenvalue weighted by Gasteiger charge is 2.18. The topological polar surface area (TPSA) is 108 Å². The number of nitrogens with zero attached hydrogens (tertiary/aromatic N) is 3. The number of nitro benzene ring substituents is 1. The van der Waals surface area contributed by atoms with Crippen molar-refractivity contribution in [2.45, 2.75) is 6.61 Å². The highest BCUT2D eigenvalue weighted by molar-refractivity contribution is 6.33. The van der Waals surface area contributed by atoms with Crippen molar-refractivity contribution in [2.24, 2.45) is 0 Å². The van der Waals surface area contributed by atoms with E-state index in [0.29, 0.717) is 5.82 Å². The average molecular weight is 360 g/mol. The van der Waals surface area contributed by atoms with Crippen LogP contribution in [0.4, 0.5) is 5.69 Å². The predicted molar refractivity (Wildman–Crippen MR) is 87.0 cm³/mol. The number of ether oxygens (including phenoxy) is 1. The third-order valence-electron chi connectivity index (χ3n) is 3.21. The van der Waals surface area contributed by atoms with Crippen LogP contribution in [0, 0.1) is 10.1 Å². The van der Waals surface area contributed by atoms with Gasteiger partial charge in [-0.15, -0.1) is 0 Å². The lowest BCUT2D eigenvalue weighted by atomic mass is 10.2. The maximum Gasteiger partial charge on any atom is 0.340 e. The molecule has 0 saturated heterocycles. The molecule has 2 aromatic carbocycles. The molecule has 0 atom stereocenters. The maximum atomic E-state index is 12.1. The fraction of sp³-hybridized carbons (Fsp3) is 0.0625. The second kappa shape index (κ2) is 7.10. The van der Waals surface area contributed by atoms with Gasteiger partial charge in [0.2, 0.25) is 5.82 Å². The van der Waals surface area contributed by atoms with Gasteiger partial charge in [-0.3, -0.25) is 10.1 Å². The molecule has 0 fully saturated rings. The van der Waals surface area contributed by atoms with E-state index in [1.807, 2.05) is 30.3 Å². The summed E-state index contributed by atoms with van der Waals surface area (Å²) < 4.78 is 10.1. The summed E-state index contributed by atoms with van der Waals surface area (Å²) in [6.07, 6.45) is 0. The Bertz CT molecular complexity index is 927. The summed E-state index contributed by atoms with van der Waals surface area (Å²) in [5.41, 5.74) is 0.379. The van der Waals surface area contributed by atoms with Crippen LogP contribution in [-0.4, -0.2) is 21.0 Å². The zero-order valence-electron chi connectivity index (χ0n) is 12.6. The summed E-state index contributed by atoms with van der Waals surface area (Å²) in [5, 5.41) is 14.6. The third-order valence-corrected chi connectivity index (χ3v) is 3.54. The monoisotopic (exact) mass is 359 g/mol. The van der Waals surface area contributed by atoms with Gasteiger partial charge < -0.3 is 9.26 Å². The molecule has 0 aliphatic heterocycles. The lowest BCUT2D eigenvalue weighted by Gasteiger charge is -2.03. The van der Waals surface area contributed by atoms with Crippen LogP contribution < -0.4 is 0 Å². The quantitative estimate of drug-likeness (QED) is 0.388. The number of nitro groups is 1. The number of halogens is 1. The molecule has 3 rings (SSSR count). The van der Waals surface area contributed by atoms with E-state index in [1.165, 1.54) is 12.1 Å². The molecule has 0 unspecified atom stereocenters. The first-order valence-electron chi connectivity index (χ1n) is 7.03. The molecule has 3 aromatic rings. The number of carbonyl (C=O) groups excluding carboxylic acids is 1. The van der Waals surface area contributed by atoms with E-state index in [1.54, 1.807) is 0 Å². The minimum absolute atomic E-state index is 0.0473. The summed E-state index contributed by atoms with van der Waals surface area (Å²) in [5.74, 6) is -0.373. The van der Waals surface area contributed by atoms with Gasteiger partial charge in [-0.1, -0.05) is 47.1 Å². The van der Waals surface area contributed by atoms with Crippen molar-refractivity contribution in [3.8, 4) is 11.4 Å². The number of carbonyl (C=O) groups is 1.